The van der Waals surface area contributed by atoms with Gasteiger partial charge in [-0.15, -0.1) is 0 Å². The fraction of sp³-hybridized carbons (Fsp3) is 0.227. The summed E-state index contributed by atoms with van der Waals surface area (Å²) in [6.45, 7) is 4.54. The lowest BCUT2D eigenvalue weighted by molar-refractivity contribution is 0.0977. The summed E-state index contributed by atoms with van der Waals surface area (Å²) >= 11 is 9.44. The monoisotopic (exact) mass is 487 g/mol. The molecule has 0 saturated carbocycles. The molecule has 1 heterocycles. The third kappa shape index (κ3) is 5.70. The van der Waals surface area contributed by atoms with Gasteiger partial charge in [-0.25, -0.2) is 0 Å². The van der Waals surface area contributed by atoms with Gasteiger partial charge in [0.2, 0.25) is 5.96 Å². The summed E-state index contributed by atoms with van der Waals surface area (Å²) in [4.78, 5) is 17.3. The largest absolute Gasteiger partial charge is 0.326 e. The van der Waals surface area contributed by atoms with Crippen LogP contribution in [0, 0.1) is 13.8 Å². The SMILES string of the molecule is Cc1nn(C)c(C)c1CCN=C(NC(=O)c1cccc(Cl)c1)Nc1ccc(Br)cc1. The number of aliphatic imine (C=N–C) groups is 1. The van der Waals surface area contributed by atoms with Crippen molar-refractivity contribution in [3.63, 3.8) is 0 Å². The molecule has 3 aromatic rings. The molecule has 0 fully saturated rings. The number of nitrogens with zero attached hydrogens (tertiary/aromatic N) is 3. The fourth-order valence-electron chi connectivity index (χ4n) is 3.05. The number of benzene rings is 2. The van der Waals surface area contributed by atoms with Gasteiger partial charge in [0.1, 0.15) is 0 Å². The summed E-state index contributed by atoms with van der Waals surface area (Å²) in [5.41, 5.74) is 4.57. The number of hydrogen-bond donors (Lipinski definition) is 2. The van der Waals surface area contributed by atoms with E-state index in [0.717, 1.165) is 28.0 Å². The number of rotatable bonds is 5. The number of carbonyl (C=O) groups excluding carboxylic acids is 1. The molecule has 8 heteroatoms. The molecule has 2 aromatic carbocycles. The predicted molar refractivity (Wildman–Crippen MR) is 125 cm³/mol. The first-order valence-corrected chi connectivity index (χ1v) is 10.6. The van der Waals surface area contributed by atoms with E-state index in [2.05, 4.69) is 36.7 Å². The summed E-state index contributed by atoms with van der Waals surface area (Å²) in [5.74, 6) is 0.0936. The van der Waals surface area contributed by atoms with Gasteiger partial charge in [0.05, 0.1) is 5.69 Å². The van der Waals surface area contributed by atoms with Crippen molar-refractivity contribution in [2.45, 2.75) is 20.3 Å². The van der Waals surface area contributed by atoms with Crippen LogP contribution in [0.3, 0.4) is 0 Å². The van der Waals surface area contributed by atoms with Gasteiger partial charge in [0, 0.05) is 40.0 Å². The number of nitrogens with one attached hydrogen (secondary N) is 2. The zero-order valence-electron chi connectivity index (χ0n) is 17.0. The van der Waals surface area contributed by atoms with Crippen LogP contribution in [0.15, 0.2) is 58.0 Å². The Labute approximate surface area is 189 Å². The van der Waals surface area contributed by atoms with Crippen molar-refractivity contribution in [3.8, 4) is 0 Å². The zero-order valence-corrected chi connectivity index (χ0v) is 19.4. The van der Waals surface area contributed by atoms with Crippen LogP contribution in [-0.4, -0.2) is 28.2 Å². The number of guanidine groups is 1. The van der Waals surface area contributed by atoms with Crippen LogP contribution in [0.2, 0.25) is 5.02 Å². The molecule has 0 aliphatic heterocycles. The van der Waals surface area contributed by atoms with Gasteiger partial charge in [0.25, 0.3) is 5.91 Å². The Hall–Kier alpha value is -2.64. The molecule has 1 amide bonds. The molecule has 3 rings (SSSR count). The minimum absolute atomic E-state index is 0.283. The second-order valence-electron chi connectivity index (χ2n) is 6.85. The van der Waals surface area contributed by atoms with Gasteiger partial charge in [-0.3, -0.25) is 19.8 Å². The number of anilines is 1. The number of aromatic nitrogens is 2. The Kier molecular flexibility index (Phi) is 7.29. The van der Waals surface area contributed by atoms with Crippen LogP contribution in [0.1, 0.15) is 27.3 Å². The number of halogens is 2. The van der Waals surface area contributed by atoms with E-state index in [4.69, 9.17) is 11.6 Å². The van der Waals surface area contributed by atoms with Crippen molar-refractivity contribution in [1.29, 1.82) is 0 Å². The Morgan fingerprint density at radius 1 is 1.20 bits per heavy atom. The molecular formula is C22H23BrClN5O. The fourth-order valence-corrected chi connectivity index (χ4v) is 3.50. The lowest BCUT2D eigenvalue weighted by atomic mass is 10.1. The Morgan fingerprint density at radius 3 is 2.57 bits per heavy atom. The summed E-state index contributed by atoms with van der Waals surface area (Å²) in [5, 5.41) is 11.0. The summed E-state index contributed by atoms with van der Waals surface area (Å²) in [6.07, 6.45) is 0.726. The van der Waals surface area contributed by atoms with Crippen LogP contribution in [0.4, 0.5) is 5.69 Å². The highest BCUT2D eigenvalue weighted by molar-refractivity contribution is 9.10. The van der Waals surface area contributed by atoms with Gasteiger partial charge in [-0.05, 0) is 68.3 Å². The maximum Gasteiger partial charge on any atom is 0.258 e. The van der Waals surface area contributed by atoms with Crippen LogP contribution in [0.5, 0.6) is 0 Å². The van der Waals surface area contributed by atoms with Gasteiger partial charge in [-0.1, -0.05) is 33.6 Å². The first-order valence-electron chi connectivity index (χ1n) is 9.46. The zero-order chi connectivity index (χ0) is 21.7. The standard InChI is InChI=1S/C22H23BrClN5O/c1-14-20(15(2)29(3)28-14)11-12-25-22(26-19-9-7-17(23)8-10-19)27-21(30)16-5-4-6-18(24)13-16/h4-10,13H,11-12H2,1-3H3,(H2,25,26,27,30). The number of carbonyl (C=O) groups is 1. The molecule has 0 bridgehead atoms. The molecular weight excluding hydrogens is 466 g/mol. The van der Waals surface area contributed by atoms with E-state index in [1.165, 1.54) is 5.56 Å². The third-order valence-electron chi connectivity index (χ3n) is 4.72. The quantitative estimate of drug-likeness (QED) is 0.397. The van der Waals surface area contributed by atoms with Gasteiger partial charge >= 0.3 is 0 Å². The molecule has 0 aliphatic rings. The average molecular weight is 489 g/mol. The third-order valence-corrected chi connectivity index (χ3v) is 5.48. The van der Waals surface area contributed by atoms with Crippen LogP contribution in [-0.2, 0) is 13.5 Å². The van der Waals surface area contributed by atoms with Gasteiger partial charge in [0.15, 0.2) is 0 Å². The van der Waals surface area contributed by atoms with Gasteiger partial charge < -0.3 is 5.32 Å². The molecule has 6 nitrogen and oxygen atoms in total. The first-order chi connectivity index (χ1) is 14.3. The summed E-state index contributed by atoms with van der Waals surface area (Å²) in [6, 6.07) is 14.4. The smallest absolute Gasteiger partial charge is 0.258 e. The predicted octanol–water partition coefficient (Wildman–Crippen LogP) is 4.89. The molecule has 0 spiro atoms. The van der Waals surface area contributed by atoms with E-state index in [1.807, 2.05) is 49.8 Å². The molecule has 0 saturated heterocycles. The lowest BCUT2D eigenvalue weighted by Crippen LogP contribution is -2.36. The van der Waals surface area contributed by atoms with E-state index in [-0.39, 0.29) is 5.91 Å². The molecule has 2 N–H and O–H groups in total. The number of hydrogen-bond acceptors (Lipinski definition) is 3. The highest BCUT2D eigenvalue weighted by Gasteiger charge is 2.12. The molecule has 0 atom stereocenters. The van der Waals surface area contributed by atoms with E-state index < -0.39 is 0 Å². The summed E-state index contributed by atoms with van der Waals surface area (Å²) in [7, 11) is 1.93. The van der Waals surface area contributed by atoms with Crippen molar-refractivity contribution < 1.29 is 4.79 Å². The van der Waals surface area contributed by atoms with E-state index in [9.17, 15) is 4.79 Å². The van der Waals surface area contributed by atoms with Crippen molar-refractivity contribution in [1.82, 2.24) is 15.1 Å². The highest BCUT2D eigenvalue weighted by Crippen LogP contribution is 2.15. The number of amides is 1. The van der Waals surface area contributed by atoms with Gasteiger partial charge in [-0.2, -0.15) is 5.10 Å². The molecule has 30 heavy (non-hydrogen) atoms. The Balaban J connectivity index is 1.78. The summed E-state index contributed by atoms with van der Waals surface area (Å²) < 4.78 is 2.84. The topological polar surface area (TPSA) is 71.3 Å². The van der Waals surface area contributed by atoms with Crippen molar-refractivity contribution in [3.05, 3.63) is 80.5 Å². The number of aryl methyl sites for hydroxylation is 2. The van der Waals surface area contributed by atoms with Crippen molar-refractivity contribution >= 4 is 45.1 Å². The van der Waals surface area contributed by atoms with E-state index in [0.29, 0.717) is 23.1 Å². The Bertz CT molecular complexity index is 1080. The van der Waals surface area contributed by atoms with Crippen molar-refractivity contribution in [2.24, 2.45) is 12.0 Å². The first kappa shape index (κ1) is 22.1. The van der Waals surface area contributed by atoms with Crippen LogP contribution >= 0.6 is 27.5 Å². The second-order valence-corrected chi connectivity index (χ2v) is 8.20. The minimum Gasteiger partial charge on any atom is -0.326 e. The molecule has 156 valence electrons. The van der Waals surface area contributed by atoms with Crippen molar-refractivity contribution in [2.75, 3.05) is 11.9 Å². The molecule has 0 unspecified atom stereocenters. The maximum atomic E-state index is 12.7. The lowest BCUT2D eigenvalue weighted by Gasteiger charge is -2.12. The normalized spacial score (nSPS) is 11.4. The highest BCUT2D eigenvalue weighted by atomic mass is 79.9. The van der Waals surface area contributed by atoms with E-state index in [1.54, 1.807) is 24.3 Å². The average Bonchev–Trinajstić information content (AvgIpc) is 2.95. The van der Waals surface area contributed by atoms with Crippen LogP contribution < -0.4 is 10.6 Å². The Morgan fingerprint density at radius 2 is 1.93 bits per heavy atom. The molecule has 1 aromatic heterocycles. The van der Waals surface area contributed by atoms with E-state index >= 15 is 0 Å². The second kappa shape index (κ2) is 9.91. The maximum absolute atomic E-state index is 12.7. The minimum atomic E-state index is -0.283. The molecule has 0 aliphatic carbocycles. The molecule has 0 radical (unpaired) electrons. The van der Waals surface area contributed by atoms with Crippen LogP contribution in [0.25, 0.3) is 0 Å².